The maximum absolute atomic E-state index is 6.36. The molecule has 1 atom stereocenters. The molecule has 0 radical (unpaired) electrons. The molecular formula is C19H33N9. The molecule has 3 heterocycles. The van der Waals surface area contributed by atoms with Crippen molar-refractivity contribution in [3.8, 4) is 0 Å². The average Bonchev–Trinajstić information content (AvgIpc) is 2.71. The van der Waals surface area contributed by atoms with E-state index >= 15 is 0 Å². The fraction of sp³-hybridized carbons (Fsp3) is 0.632. The summed E-state index contributed by atoms with van der Waals surface area (Å²) in [4.78, 5) is 18.1. The minimum Gasteiger partial charge on any atom is -0.354 e. The van der Waals surface area contributed by atoms with Gasteiger partial charge in [0.2, 0.25) is 11.9 Å². The third-order valence-corrected chi connectivity index (χ3v) is 5.11. The highest BCUT2D eigenvalue weighted by Gasteiger charge is 2.27. The first-order valence-electron chi connectivity index (χ1n) is 10.1. The summed E-state index contributed by atoms with van der Waals surface area (Å²) in [6.07, 6.45) is 5.30. The predicted octanol–water partition coefficient (Wildman–Crippen LogP) is -0.264. The Morgan fingerprint density at radius 3 is 2.79 bits per heavy atom. The maximum Gasteiger partial charge on any atom is 0.224 e. The number of nitrogens with one attached hydrogen (secondary N) is 3. The van der Waals surface area contributed by atoms with E-state index < -0.39 is 5.79 Å². The number of piperazine rings is 1. The van der Waals surface area contributed by atoms with Crippen LogP contribution in [0.3, 0.4) is 0 Å². The van der Waals surface area contributed by atoms with Crippen molar-refractivity contribution < 1.29 is 0 Å². The third-order valence-electron chi connectivity index (χ3n) is 5.11. The van der Waals surface area contributed by atoms with Crippen LogP contribution in [0.4, 0.5) is 0 Å². The molecule has 9 heteroatoms. The Morgan fingerprint density at radius 1 is 1.25 bits per heavy atom. The van der Waals surface area contributed by atoms with Gasteiger partial charge in [-0.3, -0.25) is 10.7 Å². The number of guanidine groups is 2. The Morgan fingerprint density at radius 2 is 2.07 bits per heavy atom. The first-order valence-corrected chi connectivity index (χ1v) is 10.1. The van der Waals surface area contributed by atoms with Crippen molar-refractivity contribution in [3.63, 3.8) is 0 Å². The molecule has 154 valence electrons. The van der Waals surface area contributed by atoms with Crippen LogP contribution < -0.4 is 21.7 Å². The number of hydrogen-bond acceptors (Lipinski definition) is 9. The minimum atomic E-state index is -0.848. The van der Waals surface area contributed by atoms with E-state index in [9.17, 15) is 0 Å². The molecule has 0 saturated carbocycles. The maximum atomic E-state index is 6.36. The molecule has 0 spiro atoms. The van der Waals surface area contributed by atoms with Crippen LogP contribution in [0.15, 0.2) is 34.5 Å². The number of nitrogens with zero attached hydrogens (tertiary/aromatic N) is 5. The lowest BCUT2D eigenvalue weighted by atomic mass is 10.2. The predicted molar refractivity (Wildman–Crippen MR) is 113 cm³/mol. The van der Waals surface area contributed by atoms with E-state index in [0.29, 0.717) is 24.9 Å². The highest BCUT2D eigenvalue weighted by Crippen LogP contribution is 2.09. The molecule has 2 aliphatic rings. The normalized spacial score (nSPS) is 23.5. The van der Waals surface area contributed by atoms with E-state index in [0.717, 1.165) is 51.3 Å². The van der Waals surface area contributed by atoms with Crippen LogP contribution in [0.5, 0.6) is 0 Å². The second-order valence-electron chi connectivity index (χ2n) is 7.44. The van der Waals surface area contributed by atoms with E-state index in [1.807, 2.05) is 25.3 Å². The van der Waals surface area contributed by atoms with Crippen molar-refractivity contribution in [1.29, 1.82) is 0 Å². The van der Waals surface area contributed by atoms with Crippen molar-refractivity contribution in [2.75, 3.05) is 46.3 Å². The molecule has 2 aliphatic heterocycles. The van der Waals surface area contributed by atoms with Crippen LogP contribution in [-0.4, -0.2) is 78.8 Å². The summed E-state index contributed by atoms with van der Waals surface area (Å²) >= 11 is 0. The first kappa shape index (κ1) is 20.5. The molecule has 3 rings (SSSR count). The average molecular weight is 388 g/mol. The zero-order valence-corrected chi connectivity index (χ0v) is 17.0. The van der Waals surface area contributed by atoms with Crippen molar-refractivity contribution >= 4 is 11.9 Å². The van der Waals surface area contributed by atoms with Gasteiger partial charge in [0.25, 0.3) is 0 Å². The van der Waals surface area contributed by atoms with Gasteiger partial charge in [-0.1, -0.05) is 13.0 Å². The highest BCUT2D eigenvalue weighted by molar-refractivity contribution is 5.97. The first-order chi connectivity index (χ1) is 13.6. The standard InChI is InChI=1S/C19H33N9/c1-3-19(20)25-17(22-8-5-9-28-12-10-27(2)11-13-28)24-18(26-19)23-15-16-6-4-7-21-14-16/h4,6-7,14H,3,5,8-13,15,20H2,1-2H3,(H3,22,23,24,25,26). The second-order valence-corrected chi connectivity index (χ2v) is 7.44. The lowest BCUT2D eigenvalue weighted by molar-refractivity contribution is 0.153. The smallest absolute Gasteiger partial charge is 0.224 e. The molecule has 1 saturated heterocycles. The van der Waals surface area contributed by atoms with Crippen molar-refractivity contribution in [3.05, 3.63) is 30.1 Å². The van der Waals surface area contributed by atoms with Crippen LogP contribution >= 0.6 is 0 Å². The van der Waals surface area contributed by atoms with E-state index in [4.69, 9.17) is 5.73 Å². The van der Waals surface area contributed by atoms with Gasteiger partial charge in [-0.25, -0.2) is 4.99 Å². The molecule has 0 aliphatic carbocycles. The Labute approximate surface area is 167 Å². The van der Waals surface area contributed by atoms with Crippen LogP contribution in [-0.2, 0) is 6.54 Å². The molecule has 0 amide bonds. The SMILES string of the molecule is CCC1(N)N=C(NCCCN2CCN(C)CC2)N=C(NCc2cccnc2)N1. The molecule has 1 aromatic rings. The van der Waals surface area contributed by atoms with Crippen molar-refractivity contribution in [1.82, 2.24) is 30.7 Å². The number of hydrogen-bond donors (Lipinski definition) is 4. The van der Waals surface area contributed by atoms with Crippen LogP contribution in [0.25, 0.3) is 0 Å². The van der Waals surface area contributed by atoms with Gasteiger partial charge in [0, 0.05) is 58.1 Å². The fourth-order valence-corrected chi connectivity index (χ4v) is 3.17. The monoisotopic (exact) mass is 387 g/mol. The molecule has 1 fully saturated rings. The van der Waals surface area contributed by atoms with E-state index in [-0.39, 0.29) is 0 Å². The lowest BCUT2D eigenvalue weighted by Gasteiger charge is -2.32. The number of aromatic nitrogens is 1. The molecule has 0 aromatic carbocycles. The number of nitrogens with two attached hydrogens (primary N) is 1. The summed E-state index contributed by atoms with van der Waals surface area (Å²) in [6, 6.07) is 3.94. The van der Waals surface area contributed by atoms with E-state index in [1.54, 1.807) is 6.20 Å². The second kappa shape index (κ2) is 9.81. The van der Waals surface area contributed by atoms with Gasteiger partial charge in [0.1, 0.15) is 0 Å². The summed E-state index contributed by atoms with van der Waals surface area (Å²) in [5.74, 6) is 0.360. The molecule has 1 unspecified atom stereocenters. The van der Waals surface area contributed by atoms with Crippen LogP contribution in [0.2, 0.25) is 0 Å². The fourth-order valence-electron chi connectivity index (χ4n) is 3.17. The number of rotatable bonds is 7. The van der Waals surface area contributed by atoms with Crippen molar-refractivity contribution in [2.45, 2.75) is 32.1 Å². The summed E-state index contributed by atoms with van der Waals surface area (Å²) in [7, 11) is 2.18. The molecule has 9 nitrogen and oxygen atoms in total. The van der Waals surface area contributed by atoms with Gasteiger partial charge in [0.15, 0.2) is 5.79 Å². The van der Waals surface area contributed by atoms with E-state index in [2.05, 4.69) is 47.8 Å². The van der Waals surface area contributed by atoms with Gasteiger partial charge in [-0.05, 0) is 31.6 Å². The summed E-state index contributed by atoms with van der Waals surface area (Å²) < 4.78 is 0. The minimum absolute atomic E-state index is 0.579. The summed E-state index contributed by atoms with van der Waals surface area (Å²) in [5.41, 5.74) is 7.44. The Hall–Kier alpha value is -2.23. The molecule has 5 N–H and O–H groups in total. The highest BCUT2D eigenvalue weighted by atomic mass is 15.4. The molecule has 1 aromatic heterocycles. The lowest BCUT2D eigenvalue weighted by Crippen LogP contribution is -2.60. The zero-order valence-electron chi connectivity index (χ0n) is 17.0. The Kier molecular flexibility index (Phi) is 7.18. The molecule has 0 bridgehead atoms. The van der Waals surface area contributed by atoms with Gasteiger partial charge >= 0.3 is 0 Å². The Balaban J connectivity index is 1.48. The third kappa shape index (κ3) is 6.15. The van der Waals surface area contributed by atoms with Crippen LogP contribution in [0, 0.1) is 0 Å². The summed E-state index contributed by atoms with van der Waals surface area (Å²) in [6.45, 7) is 9.12. The Bertz CT molecular complexity index is 667. The quantitative estimate of drug-likeness (QED) is 0.478. The topological polar surface area (TPSA) is 106 Å². The largest absolute Gasteiger partial charge is 0.354 e. The van der Waals surface area contributed by atoms with E-state index in [1.165, 1.54) is 0 Å². The number of likely N-dealkylation sites (N-methyl/N-ethyl adjacent to an activating group) is 1. The van der Waals surface area contributed by atoms with Crippen molar-refractivity contribution in [2.24, 2.45) is 15.7 Å². The zero-order chi connectivity index (χ0) is 19.8. The summed E-state index contributed by atoms with van der Waals surface area (Å²) in [5, 5.41) is 9.81. The molecule has 28 heavy (non-hydrogen) atoms. The van der Waals surface area contributed by atoms with Gasteiger partial charge < -0.3 is 25.8 Å². The van der Waals surface area contributed by atoms with Crippen LogP contribution in [0.1, 0.15) is 25.3 Å². The molecular weight excluding hydrogens is 354 g/mol. The number of aliphatic imine (C=N–C) groups is 2. The van der Waals surface area contributed by atoms with Gasteiger partial charge in [-0.2, -0.15) is 4.99 Å². The van der Waals surface area contributed by atoms with Gasteiger partial charge in [-0.15, -0.1) is 0 Å². The van der Waals surface area contributed by atoms with Gasteiger partial charge in [0.05, 0.1) is 0 Å². The number of pyridine rings is 1.